The quantitative estimate of drug-likeness (QED) is 0.852. The van der Waals surface area contributed by atoms with Gasteiger partial charge < -0.3 is 9.73 Å². The van der Waals surface area contributed by atoms with Crippen molar-refractivity contribution in [2.24, 2.45) is 0 Å². The van der Waals surface area contributed by atoms with Crippen LogP contribution in [0.2, 0.25) is 0 Å². The second-order valence-electron chi connectivity index (χ2n) is 4.51. The molecule has 0 bridgehead atoms. The zero-order valence-electron chi connectivity index (χ0n) is 11.4. The maximum Gasteiger partial charge on any atom is 0.134 e. The highest BCUT2D eigenvalue weighted by atomic mass is 16.3. The van der Waals surface area contributed by atoms with Crippen LogP contribution in [0.1, 0.15) is 37.6 Å². The summed E-state index contributed by atoms with van der Waals surface area (Å²) in [6, 6.07) is 13.0. The molecule has 0 amide bonds. The van der Waals surface area contributed by atoms with Crippen molar-refractivity contribution in [2.45, 2.75) is 32.7 Å². The van der Waals surface area contributed by atoms with Gasteiger partial charge in [-0.15, -0.1) is 0 Å². The number of hydrogen-bond donors (Lipinski definition) is 1. The molecule has 2 heteroatoms. The molecule has 0 aliphatic rings. The number of benzene rings is 1. The molecule has 0 radical (unpaired) electrons. The molecule has 0 saturated heterocycles. The molecule has 1 aromatic carbocycles. The van der Waals surface area contributed by atoms with Gasteiger partial charge in [-0.05, 0) is 43.7 Å². The van der Waals surface area contributed by atoms with Gasteiger partial charge in [-0.2, -0.15) is 0 Å². The van der Waals surface area contributed by atoms with E-state index in [2.05, 4.69) is 55.6 Å². The molecular weight excluding hydrogens is 222 g/mol. The Morgan fingerprint density at radius 2 is 2.00 bits per heavy atom. The Hall–Kier alpha value is -1.54. The Morgan fingerprint density at radius 1 is 1.17 bits per heavy atom. The number of furan rings is 1. The second-order valence-corrected chi connectivity index (χ2v) is 4.51. The summed E-state index contributed by atoms with van der Waals surface area (Å²) >= 11 is 0. The molecule has 0 aliphatic heterocycles. The van der Waals surface area contributed by atoms with E-state index < -0.39 is 0 Å². The van der Waals surface area contributed by atoms with Gasteiger partial charge in [0.15, 0.2) is 0 Å². The van der Waals surface area contributed by atoms with Crippen molar-refractivity contribution >= 4 is 0 Å². The standard InChI is InChI=1S/C16H21NO/c1-4-12-7-6-8-13(11-12)15-9-10-16(18-15)14(5-2)17-3/h6-11,14,17H,4-5H2,1-3H3. The molecule has 0 aliphatic carbocycles. The fourth-order valence-corrected chi connectivity index (χ4v) is 2.19. The molecule has 1 aromatic heterocycles. The topological polar surface area (TPSA) is 25.2 Å². The fraction of sp³-hybridized carbons (Fsp3) is 0.375. The lowest BCUT2D eigenvalue weighted by atomic mass is 10.1. The monoisotopic (exact) mass is 243 g/mol. The lowest BCUT2D eigenvalue weighted by Crippen LogP contribution is -2.14. The average molecular weight is 243 g/mol. The zero-order valence-corrected chi connectivity index (χ0v) is 11.4. The highest BCUT2D eigenvalue weighted by molar-refractivity contribution is 5.58. The van der Waals surface area contributed by atoms with Gasteiger partial charge in [-0.25, -0.2) is 0 Å². The van der Waals surface area contributed by atoms with Crippen LogP contribution in [-0.4, -0.2) is 7.05 Å². The van der Waals surface area contributed by atoms with Gasteiger partial charge in [0.2, 0.25) is 0 Å². The largest absolute Gasteiger partial charge is 0.459 e. The number of aryl methyl sites for hydroxylation is 1. The summed E-state index contributed by atoms with van der Waals surface area (Å²) < 4.78 is 5.95. The van der Waals surface area contributed by atoms with Gasteiger partial charge in [0.05, 0.1) is 6.04 Å². The molecule has 1 N–H and O–H groups in total. The van der Waals surface area contributed by atoms with Crippen LogP contribution in [0.5, 0.6) is 0 Å². The predicted octanol–water partition coefficient (Wildman–Crippen LogP) is 4.18. The maximum atomic E-state index is 5.95. The third-order valence-corrected chi connectivity index (χ3v) is 3.35. The molecule has 18 heavy (non-hydrogen) atoms. The molecule has 96 valence electrons. The molecule has 2 nitrogen and oxygen atoms in total. The number of hydrogen-bond acceptors (Lipinski definition) is 2. The predicted molar refractivity (Wildman–Crippen MR) is 75.6 cm³/mol. The summed E-state index contributed by atoms with van der Waals surface area (Å²) in [6.45, 7) is 4.32. The van der Waals surface area contributed by atoms with Gasteiger partial charge in [0.1, 0.15) is 11.5 Å². The summed E-state index contributed by atoms with van der Waals surface area (Å²) in [5.41, 5.74) is 2.50. The summed E-state index contributed by atoms with van der Waals surface area (Å²) in [5.74, 6) is 1.96. The Morgan fingerprint density at radius 3 is 2.67 bits per heavy atom. The van der Waals surface area contributed by atoms with E-state index >= 15 is 0 Å². The van der Waals surface area contributed by atoms with E-state index in [9.17, 15) is 0 Å². The first kappa shape index (κ1) is 12.9. The molecular formula is C16H21NO. The highest BCUT2D eigenvalue weighted by Crippen LogP contribution is 2.27. The Balaban J connectivity index is 2.28. The van der Waals surface area contributed by atoms with Crippen molar-refractivity contribution in [3.63, 3.8) is 0 Å². The summed E-state index contributed by atoms with van der Waals surface area (Å²) in [4.78, 5) is 0. The first-order valence-electron chi connectivity index (χ1n) is 6.64. The smallest absolute Gasteiger partial charge is 0.134 e. The van der Waals surface area contributed by atoms with Crippen molar-refractivity contribution in [1.29, 1.82) is 0 Å². The molecule has 0 saturated carbocycles. The molecule has 1 atom stereocenters. The van der Waals surface area contributed by atoms with Crippen molar-refractivity contribution in [1.82, 2.24) is 5.32 Å². The van der Waals surface area contributed by atoms with Crippen LogP contribution in [0, 0.1) is 0 Å². The lowest BCUT2D eigenvalue weighted by molar-refractivity contribution is 0.431. The normalized spacial score (nSPS) is 12.6. The number of nitrogens with one attached hydrogen (secondary N) is 1. The van der Waals surface area contributed by atoms with Crippen LogP contribution in [0.4, 0.5) is 0 Å². The van der Waals surface area contributed by atoms with Crippen LogP contribution < -0.4 is 5.32 Å². The van der Waals surface area contributed by atoms with Gasteiger partial charge in [-0.1, -0.05) is 32.0 Å². The van der Waals surface area contributed by atoms with E-state index in [1.165, 1.54) is 5.56 Å². The minimum Gasteiger partial charge on any atom is -0.459 e. The molecule has 1 heterocycles. The summed E-state index contributed by atoms with van der Waals surface area (Å²) in [7, 11) is 1.97. The van der Waals surface area contributed by atoms with Crippen LogP contribution in [0.25, 0.3) is 11.3 Å². The minimum absolute atomic E-state index is 0.299. The molecule has 0 fully saturated rings. The highest BCUT2D eigenvalue weighted by Gasteiger charge is 2.12. The summed E-state index contributed by atoms with van der Waals surface area (Å²) in [6.07, 6.45) is 2.08. The Labute approximate surface area is 109 Å². The third kappa shape index (κ3) is 2.65. The Bertz CT molecular complexity index is 497. The molecule has 0 spiro atoms. The van der Waals surface area contributed by atoms with Crippen LogP contribution in [0.3, 0.4) is 0 Å². The van der Waals surface area contributed by atoms with Crippen molar-refractivity contribution < 1.29 is 4.42 Å². The number of rotatable bonds is 5. The van der Waals surface area contributed by atoms with E-state index in [0.29, 0.717) is 6.04 Å². The molecule has 2 rings (SSSR count). The van der Waals surface area contributed by atoms with Crippen molar-refractivity contribution in [2.75, 3.05) is 7.05 Å². The van der Waals surface area contributed by atoms with E-state index in [1.807, 2.05) is 7.05 Å². The Kier molecular flexibility index (Phi) is 4.21. The first-order valence-corrected chi connectivity index (χ1v) is 6.64. The molecule has 2 aromatic rings. The lowest BCUT2D eigenvalue weighted by Gasteiger charge is -2.10. The molecule has 1 unspecified atom stereocenters. The van der Waals surface area contributed by atoms with Gasteiger partial charge in [0, 0.05) is 5.56 Å². The van der Waals surface area contributed by atoms with Crippen molar-refractivity contribution in [3.05, 3.63) is 47.7 Å². The van der Waals surface area contributed by atoms with Crippen LogP contribution >= 0.6 is 0 Å². The summed E-state index contributed by atoms with van der Waals surface area (Å²) in [5, 5.41) is 3.26. The minimum atomic E-state index is 0.299. The zero-order chi connectivity index (χ0) is 13.0. The van der Waals surface area contributed by atoms with E-state index in [1.54, 1.807) is 0 Å². The first-order chi connectivity index (χ1) is 8.78. The second kappa shape index (κ2) is 5.87. The maximum absolute atomic E-state index is 5.95. The van der Waals surface area contributed by atoms with Gasteiger partial charge in [-0.3, -0.25) is 0 Å². The van der Waals surface area contributed by atoms with Gasteiger partial charge >= 0.3 is 0 Å². The average Bonchev–Trinajstić information content (AvgIpc) is 2.90. The van der Waals surface area contributed by atoms with Gasteiger partial charge in [0.25, 0.3) is 0 Å². The third-order valence-electron chi connectivity index (χ3n) is 3.35. The van der Waals surface area contributed by atoms with Crippen molar-refractivity contribution in [3.8, 4) is 11.3 Å². The SMILES string of the molecule is CCc1cccc(-c2ccc(C(CC)NC)o2)c1. The van der Waals surface area contributed by atoms with E-state index in [4.69, 9.17) is 4.42 Å². The van der Waals surface area contributed by atoms with E-state index in [0.717, 1.165) is 29.9 Å². The van der Waals surface area contributed by atoms with Crippen LogP contribution in [0.15, 0.2) is 40.8 Å². The fourth-order valence-electron chi connectivity index (χ4n) is 2.19. The van der Waals surface area contributed by atoms with Crippen LogP contribution in [-0.2, 0) is 6.42 Å². The van der Waals surface area contributed by atoms with E-state index in [-0.39, 0.29) is 0 Å².